The van der Waals surface area contributed by atoms with E-state index in [1.54, 1.807) is 19.1 Å². The van der Waals surface area contributed by atoms with Crippen LogP contribution in [0.4, 0.5) is 22.0 Å². The van der Waals surface area contributed by atoms with E-state index in [9.17, 15) is 32.0 Å². The first-order valence-corrected chi connectivity index (χ1v) is 12.9. The Balaban J connectivity index is 1.68. The van der Waals surface area contributed by atoms with Gasteiger partial charge in [-0.1, -0.05) is 63.7 Å². The van der Waals surface area contributed by atoms with Gasteiger partial charge in [-0.2, -0.15) is 5.26 Å². The summed E-state index contributed by atoms with van der Waals surface area (Å²) in [5.74, 6) is -10.4. The molecular weight excluding hydrogens is 517 g/mol. The summed E-state index contributed by atoms with van der Waals surface area (Å²) in [6.07, 6.45) is 10.4. The van der Waals surface area contributed by atoms with Crippen LogP contribution in [0.25, 0.3) is 11.6 Å². The Morgan fingerprint density at radius 1 is 0.795 bits per heavy atom. The Hall–Kier alpha value is -3.67. The Bertz CT molecular complexity index is 1170. The van der Waals surface area contributed by atoms with Gasteiger partial charge < -0.3 is 9.47 Å². The number of esters is 1. The third-order valence-corrected chi connectivity index (χ3v) is 5.93. The number of rotatable bonds is 16. The number of hydrogen-bond acceptors (Lipinski definition) is 4. The van der Waals surface area contributed by atoms with Gasteiger partial charge in [-0.15, -0.1) is 0 Å². The molecule has 39 heavy (non-hydrogen) atoms. The molecule has 0 N–H and O–H groups in total. The molecule has 0 aromatic heterocycles. The zero-order valence-corrected chi connectivity index (χ0v) is 21.9. The Labute approximate surface area is 225 Å². The lowest BCUT2D eigenvalue weighted by Gasteiger charge is -2.08. The van der Waals surface area contributed by atoms with Crippen molar-refractivity contribution < 1.29 is 36.2 Å². The third-order valence-electron chi connectivity index (χ3n) is 5.93. The van der Waals surface area contributed by atoms with Gasteiger partial charge in [0.05, 0.1) is 30.4 Å². The second-order valence-electron chi connectivity index (χ2n) is 9.13. The van der Waals surface area contributed by atoms with E-state index in [-0.39, 0.29) is 5.97 Å². The number of carbonyl (C=O) groups excluding carboxylic acids is 1. The molecule has 9 heteroatoms. The van der Waals surface area contributed by atoms with Crippen molar-refractivity contribution in [3.63, 3.8) is 0 Å². The average Bonchev–Trinajstić information content (AvgIpc) is 2.93. The van der Waals surface area contributed by atoms with Gasteiger partial charge in [-0.3, -0.25) is 0 Å². The smallest absolute Gasteiger partial charge is 0.333 e. The Kier molecular flexibility index (Phi) is 13.2. The van der Waals surface area contributed by atoms with Crippen molar-refractivity contribution in [3.05, 3.63) is 76.6 Å². The predicted octanol–water partition coefficient (Wildman–Crippen LogP) is 8.46. The summed E-state index contributed by atoms with van der Waals surface area (Å²) in [6, 6.07) is 7.72. The van der Waals surface area contributed by atoms with Crippen LogP contribution in [0.1, 0.15) is 75.8 Å². The van der Waals surface area contributed by atoms with E-state index in [1.165, 1.54) is 18.2 Å². The van der Waals surface area contributed by atoms with Crippen molar-refractivity contribution in [2.75, 3.05) is 13.2 Å². The van der Waals surface area contributed by atoms with Crippen LogP contribution in [-0.2, 0) is 9.53 Å². The Morgan fingerprint density at radius 3 is 1.74 bits per heavy atom. The number of nitriles is 1. The highest BCUT2D eigenvalue weighted by atomic mass is 19.2. The van der Waals surface area contributed by atoms with Crippen molar-refractivity contribution in [1.29, 1.82) is 5.26 Å². The SMILES string of the molecule is C=C(C)C(=O)OCCCCCCCCCCCOc1ccc(C=C(C#N)c2c(F)c(F)c(F)c(F)c2F)cc1. The molecule has 0 bridgehead atoms. The summed E-state index contributed by atoms with van der Waals surface area (Å²) in [6.45, 7) is 6.11. The maximum Gasteiger partial charge on any atom is 0.333 e. The van der Waals surface area contributed by atoms with Gasteiger partial charge in [0.1, 0.15) is 5.75 Å². The van der Waals surface area contributed by atoms with Crippen molar-refractivity contribution in [3.8, 4) is 11.8 Å². The number of allylic oxidation sites excluding steroid dienone is 1. The largest absolute Gasteiger partial charge is 0.494 e. The lowest BCUT2D eigenvalue weighted by molar-refractivity contribution is -0.139. The van der Waals surface area contributed by atoms with Gasteiger partial charge in [0.25, 0.3) is 0 Å². The molecule has 0 aliphatic heterocycles. The first kappa shape index (κ1) is 31.5. The number of ether oxygens (including phenoxy) is 2. The minimum Gasteiger partial charge on any atom is -0.494 e. The molecule has 2 aromatic carbocycles. The summed E-state index contributed by atoms with van der Waals surface area (Å²) < 4.78 is 79.1. The van der Waals surface area contributed by atoms with Gasteiger partial charge in [0.15, 0.2) is 23.3 Å². The number of hydrogen-bond donors (Lipinski definition) is 0. The minimum atomic E-state index is -2.28. The molecule has 0 aliphatic rings. The zero-order valence-electron chi connectivity index (χ0n) is 21.9. The summed E-state index contributed by atoms with van der Waals surface area (Å²) in [5.41, 5.74) is -1.22. The quantitative estimate of drug-likeness (QED) is 0.0308. The van der Waals surface area contributed by atoms with E-state index >= 15 is 0 Å². The van der Waals surface area contributed by atoms with E-state index in [1.807, 2.05) is 0 Å². The fourth-order valence-corrected chi connectivity index (χ4v) is 3.75. The average molecular weight is 550 g/mol. The molecular formula is C30H32F5NO3. The minimum absolute atomic E-state index is 0.329. The first-order valence-electron chi connectivity index (χ1n) is 12.9. The Morgan fingerprint density at radius 2 is 1.26 bits per heavy atom. The van der Waals surface area contributed by atoms with Gasteiger partial charge >= 0.3 is 5.97 Å². The number of unbranched alkanes of at least 4 members (excludes halogenated alkanes) is 8. The first-order chi connectivity index (χ1) is 18.7. The van der Waals surface area contributed by atoms with Crippen LogP contribution in [0.3, 0.4) is 0 Å². The van der Waals surface area contributed by atoms with Crippen molar-refractivity contribution in [1.82, 2.24) is 0 Å². The molecule has 0 radical (unpaired) electrons. The number of nitrogens with zero attached hydrogens (tertiary/aromatic N) is 1. The fraction of sp³-hybridized carbons (Fsp3) is 0.400. The van der Waals surface area contributed by atoms with E-state index in [0.29, 0.717) is 30.1 Å². The van der Waals surface area contributed by atoms with Crippen LogP contribution < -0.4 is 4.74 Å². The topological polar surface area (TPSA) is 59.3 Å². The maximum absolute atomic E-state index is 14.0. The lowest BCUT2D eigenvalue weighted by atomic mass is 10.0. The van der Waals surface area contributed by atoms with Crippen LogP contribution in [0.5, 0.6) is 5.75 Å². The van der Waals surface area contributed by atoms with Crippen LogP contribution in [0.2, 0.25) is 0 Å². The van der Waals surface area contributed by atoms with Crippen LogP contribution in [0, 0.1) is 40.4 Å². The van der Waals surface area contributed by atoms with Crippen LogP contribution in [0.15, 0.2) is 36.4 Å². The molecule has 0 saturated carbocycles. The summed E-state index contributed by atoms with van der Waals surface area (Å²) in [7, 11) is 0. The highest BCUT2D eigenvalue weighted by Crippen LogP contribution is 2.29. The van der Waals surface area contributed by atoms with Gasteiger partial charge in [-0.25, -0.2) is 26.7 Å². The van der Waals surface area contributed by atoms with E-state index in [4.69, 9.17) is 9.47 Å². The molecule has 0 atom stereocenters. The molecule has 210 valence electrons. The predicted molar refractivity (Wildman–Crippen MR) is 139 cm³/mol. The number of halogens is 5. The third kappa shape index (κ3) is 9.86. The van der Waals surface area contributed by atoms with E-state index in [0.717, 1.165) is 63.9 Å². The molecule has 0 fully saturated rings. The van der Waals surface area contributed by atoms with Crippen molar-refractivity contribution in [2.24, 2.45) is 0 Å². The summed E-state index contributed by atoms with van der Waals surface area (Å²) in [4.78, 5) is 11.3. The van der Waals surface area contributed by atoms with Gasteiger partial charge in [-0.05, 0) is 43.5 Å². The molecule has 0 amide bonds. The molecule has 4 nitrogen and oxygen atoms in total. The molecule has 0 heterocycles. The fourth-order valence-electron chi connectivity index (χ4n) is 3.75. The number of benzene rings is 2. The van der Waals surface area contributed by atoms with Crippen molar-refractivity contribution in [2.45, 2.75) is 64.7 Å². The highest BCUT2D eigenvalue weighted by Gasteiger charge is 2.27. The molecule has 2 aromatic rings. The van der Waals surface area contributed by atoms with E-state index < -0.39 is 40.2 Å². The van der Waals surface area contributed by atoms with Gasteiger partial charge in [0.2, 0.25) is 5.82 Å². The maximum atomic E-state index is 14.0. The van der Waals surface area contributed by atoms with Crippen LogP contribution in [-0.4, -0.2) is 19.2 Å². The summed E-state index contributed by atoms with van der Waals surface area (Å²) in [5, 5.41) is 9.27. The molecule has 0 aliphatic carbocycles. The normalized spacial score (nSPS) is 11.3. The molecule has 0 saturated heterocycles. The molecule has 2 rings (SSSR count). The monoisotopic (exact) mass is 549 g/mol. The highest BCUT2D eigenvalue weighted by molar-refractivity contribution is 5.90. The number of carbonyl (C=O) groups is 1. The zero-order chi connectivity index (χ0) is 28.8. The summed E-state index contributed by atoms with van der Waals surface area (Å²) >= 11 is 0. The standard InChI is InChI=1S/C30H32F5NO3/c1-20(2)30(37)39-17-11-9-7-5-3-4-6-8-10-16-38-23-14-12-21(13-15-23)18-22(19-36)24-25(31)27(33)29(35)28(34)26(24)32/h12-15,18H,1,3-11,16-17H2,2H3. The lowest BCUT2D eigenvalue weighted by Crippen LogP contribution is -2.06. The molecule has 0 spiro atoms. The van der Waals surface area contributed by atoms with Crippen molar-refractivity contribution >= 4 is 17.6 Å². The second kappa shape index (κ2) is 16.3. The van der Waals surface area contributed by atoms with Gasteiger partial charge in [0, 0.05) is 5.57 Å². The van der Waals surface area contributed by atoms with Crippen LogP contribution >= 0.6 is 0 Å². The molecule has 0 unspecified atom stereocenters. The van der Waals surface area contributed by atoms with E-state index in [2.05, 4.69) is 6.58 Å². The second-order valence-corrected chi connectivity index (χ2v) is 9.13.